The van der Waals surface area contributed by atoms with Crippen molar-refractivity contribution in [2.45, 2.75) is 12.6 Å². The molecular formula is C21H15Cl2FN6O2. The van der Waals surface area contributed by atoms with Crippen molar-refractivity contribution in [2.24, 2.45) is 11.5 Å². The van der Waals surface area contributed by atoms with Crippen LogP contribution in [0.4, 0.5) is 9.18 Å². The van der Waals surface area contributed by atoms with E-state index in [1.54, 1.807) is 6.07 Å². The van der Waals surface area contributed by atoms with E-state index in [1.807, 2.05) is 6.07 Å². The molecule has 2 aromatic carbocycles. The number of benzene rings is 2. The predicted molar refractivity (Wildman–Crippen MR) is 115 cm³/mol. The van der Waals surface area contributed by atoms with Gasteiger partial charge in [-0.3, -0.25) is 9.48 Å². The number of carbonyl (C=O) groups is 2. The van der Waals surface area contributed by atoms with Gasteiger partial charge in [0.2, 0.25) is 0 Å². The molecule has 3 amide bonds. The molecule has 162 valence electrons. The summed E-state index contributed by atoms with van der Waals surface area (Å²) in [6.07, 6.45) is 0. The number of nitriles is 1. The Hall–Kier alpha value is -3.61. The fourth-order valence-corrected chi connectivity index (χ4v) is 4.36. The third kappa shape index (κ3) is 3.64. The van der Waals surface area contributed by atoms with Crippen LogP contribution in [0, 0.1) is 17.1 Å². The van der Waals surface area contributed by atoms with Crippen molar-refractivity contribution in [1.82, 2.24) is 14.7 Å². The van der Waals surface area contributed by atoms with Crippen molar-refractivity contribution in [3.63, 3.8) is 0 Å². The SMILES string of the molecule is N#Cc1ccc(C2c3c(C(N)=O)c(-c4cc(F)cc(Cl)c4)nn3CCN2C(N)=O)cc1Cl. The zero-order chi connectivity index (χ0) is 23.2. The minimum Gasteiger partial charge on any atom is -0.365 e. The summed E-state index contributed by atoms with van der Waals surface area (Å²) < 4.78 is 15.5. The van der Waals surface area contributed by atoms with Gasteiger partial charge in [0.15, 0.2) is 0 Å². The summed E-state index contributed by atoms with van der Waals surface area (Å²) in [5.74, 6) is -1.43. The minimum atomic E-state index is -0.862. The summed E-state index contributed by atoms with van der Waals surface area (Å²) in [5, 5.41) is 13.9. The third-order valence-electron chi connectivity index (χ3n) is 5.21. The van der Waals surface area contributed by atoms with Gasteiger partial charge in [-0.05, 0) is 35.9 Å². The van der Waals surface area contributed by atoms with Gasteiger partial charge in [-0.25, -0.2) is 9.18 Å². The number of aromatic nitrogens is 2. The largest absolute Gasteiger partial charge is 0.365 e. The van der Waals surface area contributed by atoms with E-state index in [9.17, 15) is 19.2 Å². The second kappa shape index (κ2) is 8.15. The van der Waals surface area contributed by atoms with E-state index in [4.69, 9.17) is 34.7 Å². The van der Waals surface area contributed by atoms with Gasteiger partial charge in [0.05, 0.1) is 28.4 Å². The molecule has 0 aliphatic carbocycles. The number of rotatable bonds is 3. The molecule has 1 unspecified atom stereocenters. The molecule has 1 atom stereocenters. The fraction of sp³-hybridized carbons (Fsp3) is 0.143. The maximum Gasteiger partial charge on any atom is 0.315 e. The van der Waals surface area contributed by atoms with Crippen molar-refractivity contribution in [3.8, 4) is 17.3 Å². The van der Waals surface area contributed by atoms with Crippen LogP contribution in [-0.4, -0.2) is 33.2 Å². The number of halogens is 3. The fourth-order valence-electron chi connectivity index (χ4n) is 3.91. The Morgan fingerprint density at radius 3 is 2.50 bits per heavy atom. The van der Waals surface area contributed by atoms with Crippen molar-refractivity contribution in [1.29, 1.82) is 5.26 Å². The van der Waals surface area contributed by atoms with Crippen molar-refractivity contribution in [3.05, 3.63) is 74.6 Å². The Morgan fingerprint density at radius 1 is 1.16 bits per heavy atom. The molecule has 0 fully saturated rings. The molecule has 2 heterocycles. The first-order valence-corrected chi connectivity index (χ1v) is 10.1. The van der Waals surface area contributed by atoms with Gasteiger partial charge in [0, 0.05) is 17.1 Å². The Morgan fingerprint density at radius 2 is 1.91 bits per heavy atom. The standard InChI is InChI=1S/C21H15Cl2FN6O2/c22-13-5-12(6-14(24)8-13)17-16(20(26)31)19-18(10-1-2-11(9-25)15(23)7-10)29(21(27)32)3-4-30(19)28-17/h1-2,5-8,18H,3-4H2,(H2,26,31)(H2,27,32). The maximum atomic E-state index is 14.0. The van der Waals surface area contributed by atoms with Crippen molar-refractivity contribution < 1.29 is 14.0 Å². The first kappa shape index (κ1) is 21.6. The number of amides is 3. The highest BCUT2D eigenvalue weighted by atomic mass is 35.5. The minimum absolute atomic E-state index is 0.00287. The normalized spacial score (nSPS) is 15.2. The first-order valence-electron chi connectivity index (χ1n) is 9.34. The Kier molecular flexibility index (Phi) is 5.50. The topological polar surface area (TPSA) is 131 Å². The summed E-state index contributed by atoms with van der Waals surface area (Å²) in [6.45, 7) is 0.413. The van der Waals surface area contributed by atoms with Gasteiger partial charge in [-0.1, -0.05) is 29.3 Å². The lowest BCUT2D eigenvalue weighted by Crippen LogP contribution is -2.46. The molecule has 3 aromatic rings. The molecule has 0 bridgehead atoms. The lowest BCUT2D eigenvalue weighted by atomic mass is 9.94. The van der Waals surface area contributed by atoms with Crippen LogP contribution in [0.1, 0.15) is 33.2 Å². The summed E-state index contributed by atoms with van der Waals surface area (Å²) in [6, 6.07) is 8.79. The van der Waals surface area contributed by atoms with Crippen molar-refractivity contribution >= 4 is 35.1 Å². The van der Waals surface area contributed by atoms with Crippen LogP contribution in [0.25, 0.3) is 11.3 Å². The van der Waals surface area contributed by atoms with Crippen LogP contribution in [0.2, 0.25) is 10.0 Å². The van der Waals surface area contributed by atoms with Gasteiger partial charge in [-0.15, -0.1) is 0 Å². The van der Waals surface area contributed by atoms with E-state index < -0.39 is 23.8 Å². The number of primary amides is 2. The van der Waals surface area contributed by atoms with E-state index in [1.165, 1.54) is 33.8 Å². The van der Waals surface area contributed by atoms with Gasteiger partial charge >= 0.3 is 6.03 Å². The molecule has 4 N–H and O–H groups in total. The zero-order valence-electron chi connectivity index (χ0n) is 16.3. The summed E-state index contributed by atoms with van der Waals surface area (Å²) in [7, 11) is 0. The smallest absolute Gasteiger partial charge is 0.315 e. The Labute approximate surface area is 191 Å². The Bertz CT molecular complexity index is 1300. The summed E-state index contributed by atoms with van der Waals surface area (Å²) in [4.78, 5) is 26.2. The highest BCUT2D eigenvalue weighted by Crippen LogP contribution is 2.39. The number of nitrogens with zero attached hydrogens (tertiary/aromatic N) is 4. The van der Waals surface area contributed by atoms with Crippen LogP contribution in [0.3, 0.4) is 0 Å². The second-order valence-electron chi connectivity index (χ2n) is 7.14. The van der Waals surface area contributed by atoms with Crippen molar-refractivity contribution in [2.75, 3.05) is 6.54 Å². The van der Waals surface area contributed by atoms with E-state index in [0.717, 1.165) is 6.07 Å². The van der Waals surface area contributed by atoms with Crippen LogP contribution in [0.5, 0.6) is 0 Å². The molecule has 0 saturated carbocycles. The monoisotopic (exact) mass is 472 g/mol. The lowest BCUT2D eigenvalue weighted by Gasteiger charge is -2.35. The lowest BCUT2D eigenvalue weighted by molar-refractivity contribution is 0.0995. The molecule has 1 aliphatic heterocycles. The van der Waals surface area contributed by atoms with Crippen LogP contribution >= 0.6 is 23.2 Å². The van der Waals surface area contributed by atoms with Gasteiger partial charge in [0.25, 0.3) is 5.91 Å². The number of carbonyl (C=O) groups excluding carboxylic acids is 2. The number of urea groups is 1. The summed E-state index contributed by atoms with van der Waals surface area (Å²) >= 11 is 12.2. The molecule has 0 spiro atoms. The molecule has 1 aromatic heterocycles. The van der Waals surface area contributed by atoms with E-state index in [-0.39, 0.29) is 45.5 Å². The molecule has 32 heavy (non-hydrogen) atoms. The van der Waals surface area contributed by atoms with E-state index >= 15 is 0 Å². The van der Waals surface area contributed by atoms with E-state index in [2.05, 4.69) is 5.10 Å². The maximum absolute atomic E-state index is 14.0. The highest BCUT2D eigenvalue weighted by molar-refractivity contribution is 6.31. The van der Waals surface area contributed by atoms with E-state index in [0.29, 0.717) is 11.3 Å². The summed E-state index contributed by atoms with van der Waals surface area (Å²) in [5.41, 5.74) is 12.8. The highest BCUT2D eigenvalue weighted by Gasteiger charge is 2.38. The molecule has 0 radical (unpaired) electrons. The number of hydrogen-bond acceptors (Lipinski definition) is 4. The quantitative estimate of drug-likeness (QED) is 0.603. The molecular weight excluding hydrogens is 458 g/mol. The average Bonchev–Trinajstić information content (AvgIpc) is 3.12. The number of hydrogen-bond donors (Lipinski definition) is 2. The molecule has 0 saturated heterocycles. The van der Waals surface area contributed by atoms with Gasteiger partial charge in [0.1, 0.15) is 23.6 Å². The number of fused-ring (bicyclic) bond motifs is 1. The average molecular weight is 473 g/mol. The Balaban J connectivity index is 1.99. The zero-order valence-corrected chi connectivity index (χ0v) is 17.9. The van der Waals surface area contributed by atoms with Crippen LogP contribution in [0.15, 0.2) is 36.4 Å². The molecule has 1 aliphatic rings. The molecule has 4 rings (SSSR count). The van der Waals surface area contributed by atoms with Gasteiger partial charge < -0.3 is 16.4 Å². The molecule has 8 nitrogen and oxygen atoms in total. The van der Waals surface area contributed by atoms with Gasteiger partial charge in [-0.2, -0.15) is 10.4 Å². The third-order valence-corrected chi connectivity index (χ3v) is 5.74. The second-order valence-corrected chi connectivity index (χ2v) is 7.98. The molecule has 11 heteroatoms. The number of nitrogens with two attached hydrogens (primary N) is 2. The predicted octanol–water partition coefficient (Wildman–Crippen LogP) is 3.45. The van der Waals surface area contributed by atoms with Crippen LogP contribution in [-0.2, 0) is 6.54 Å². The van der Waals surface area contributed by atoms with Crippen LogP contribution < -0.4 is 11.5 Å². The first-order chi connectivity index (χ1) is 15.2.